The zero-order chi connectivity index (χ0) is 19.0. The lowest BCUT2D eigenvalue weighted by Crippen LogP contribution is -2.47. The van der Waals surface area contributed by atoms with Crippen LogP contribution in [0.1, 0.15) is 50.5 Å². The molecule has 1 aromatic carbocycles. The van der Waals surface area contributed by atoms with E-state index in [0.29, 0.717) is 5.56 Å². The van der Waals surface area contributed by atoms with Crippen LogP contribution >= 0.6 is 0 Å². The van der Waals surface area contributed by atoms with Crippen LogP contribution in [0.15, 0.2) is 24.3 Å². The van der Waals surface area contributed by atoms with Crippen LogP contribution in [0, 0.1) is 5.92 Å². The number of carbonyl (C=O) groups excluding carboxylic acids is 2. The summed E-state index contributed by atoms with van der Waals surface area (Å²) < 4.78 is 24.9. The molecule has 2 unspecified atom stereocenters. The van der Waals surface area contributed by atoms with Gasteiger partial charge < -0.3 is 5.32 Å². The summed E-state index contributed by atoms with van der Waals surface area (Å²) in [6.45, 7) is 9.70. The number of hydrogen-bond acceptors (Lipinski definition) is 4. The van der Waals surface area contributed by atoms with Gasteiger partial charge in [-0.2, -0.15) is 0 Å². The molecular weight excluding hydrogens is 340 g/mol. The maximum Gasteiger partial charge on any atom is 0.258 e. The van der Waals surface area contributed by atoms with Gasteiger partial charge in [0, 0.05) is 12.1 Å². The summed E-state index contributed by atoms with van der Waals surface area (Å²) >= 11 is 0. The number of nitrogens with zero attached hydrogens (tertiary/aromatic N) is 1. The smallest absolute Gasteiger partial charge is 0.258 e. The molecule has 1 aliphatic heterocycles. The minimum absolute atomic E-state index is 0.0148. The van der Waals surface area contributed by atoms with Gasteiger partial charge in [-0.1, -0.05) is 39.8 Å². The number of sulfonamides is 1. The molecule has 25 heavy (non-hydrogen) atoms. The maximum absolute atomic E-state index is 12.4. The van der Waals surface area contributed by atoms with Gasteiger partial charge in [-0.3, -0.25) is 9.59 Å². The lowest BCUT2D eigenvalue weighted by molar-refractivity contribution is -0.128. The Bertz CT molecular complexity index is 763. The van der Waals surface area contributed by atoms with E-state index in [4.69, 9.17) is 0 Å². The molecular formula is C18H26N2O4S. The number of amides is 2. The highest BCUT2D eigenvalue weighted by atomic mass is 32.2. The standard InChI is InChI=1S/C18H26N2O4S/c1-12-10-20(25(23,24)11-12)17(22)13(2)19-16(21)14-6-8-15(9-7-14)18(3,4)5/h6-9,12-13H,10-11H2,1-5H3,(H,19,21). The highest BCUT2D eigenvalue weighted by molar-refractivity contribution is 7.89. The lowest BCUT2D eigenvalue weighted by atomic mass is 9.86. The molecule has 1 N–H and O–H groups in total. The third-order valence-electron chi connectivity index (χ3n) is 4.29. The second kappa shape index (κ2) is 6.78. The van der Waals surface area contributed by atoms with Crippen molar-refractivity contribution in [3.63, 3.8) is 0 Å². The molecule has 6 nitrogen and oxygen atoms in total. The molecule has 2 atom stereocenters. The fraction of sp³-hybridized carbons (Fsp3) is 0.556. The van der Waals surface area contributed by atoms with E-state index in [1.165, 1.54) is 6.92 Å². The molecule has 0 aliphatic carbocycles. The Hall–Kier alpha value is -1.89. The average molecular weight is 366 g/mol. The fourth-order valence-electron chi connectivity index (χ4n) is 2.81. The van der Waals surface area contributed by atoms with Crippen molar-refractivity contribution in [2.75, 3.05) is 12.3 Å². The second-order valence-electron chi connectivity index (χ2n) is 7.78. The van der Waals surface area contributed by atoms with Crippen LogP contribution in [0.4, 0.5) is 0 Å². The quantitative estimate of drug-likeness (QED) is 0.886. The normalized spacial score (nSPS) is 21.0. The zero-order valence-electron chi connectivity index (χ0n) is 15.4. The van der Waals surface area contributed by atoms with E-state index in [1.54, 1.807) is 19.1 Å². The van der Waals surface area contributed by atoms with Crippen molar-refractivity contribution >= 4 is 21.8 Å². The summed E-state index contributed by atoms with van der Waals surface area (Å²) in [5.74, 6) is -1.12. The lowest BCUT2D eigenvalue weighted by Gasteiger charge is -2.21. The van der Waals surface area contributed by atoms with Crippen LogP contribution in [0.5, 0.6) is 0 Å². The van der Waals surface area contributed by atoms with Gasteiger partial charge in [0.2, 0.25) is 10.0 Å². The highest BCUT2D eigenvalue weighted by Crippen LogP contribution is 2.22. The molecule has 0 aromatic heterocycles. The van der Waals surface area contributed by atoms with Gasteiger partial charge in [0.05, 0.1) is 5.75 Å². The minimum atomic E-state index is -3.57. The summed E-state index contributed by atoms with van der Waals surface area (Å²) in [4.78, 5) is 24.7. The predicted octanol–water partition coefficient (Wildman–Crippen LogP) is 1.91. The van der Waals surface area contributed by atoms with E-state index in [9.17, 15) is 18.0 Å². The highest BCUT2D eigenvalue weighted by Gasteiger charge is 2.39. The van der Waals surface area contributed by atoms with E-state index < -0.39 is 27.9 Å². The van der Waals surface area contributed by atoms with Crippen LogP contribution in [0.25, 0.3) is 0 Å². The predicted molar refractivity (Wildman–Crippen MR) is 96.7 cm³/mol. The summed E-state index contributed by atoms with van der Waals surface area (Å²) in [7, 11) is -3.57. The van der Waals surface area contributed by atoms with Gasteiger partial charge in [0.25, 0.3) is 11.8 Å². The van der Waals surface area contributed by atoms with Crippen LogP contribution in [0.3, 0.4) is 0 Å². The third-order valence-corrected chi connectivity index (χ3v) is 6.28. The van der Waals surface area contributed by atoms with E-state index in [0.717, 1.165) is 9.87 Å². The molecule has 1 saturated heterocycles. The van der Waals surface area contributed by atoms with Crippen molar-refractivity contribution in [3.8, 4) is 0 Å². The van der Waals surface area contributed by atoms with Gasteiger partial charge in [0.1, 0.15) is 6.04 Å². The van der Waals surface area contributed by atoms with E-state index in [1.807, 2.05) is 12.1 Å². The van der Waals surface area contributed by atoms with Crippen LogP contribution in [-0.4, -0.2) is 42.9 Å². The Labute approximate surface area is 149 Å². The Morgan fingerprint density at radius 3 is 2.20 bits per heavy atom. The molecule has 1 aromatic rings. The molecule has 0 bridgehead atoms. The van der Waals surface area contributed by atoms with Crippen molar-refractivity contribution in [1.29, 1.82) is 0 Å². The molecule has 2 rings (SSSR count). The summed E-state index contributed by atoms with van der Waals surface area (Å²) in [5, 5.41) is 2.59. The first-order valence-electron chi connectivity index (χ1n) is 8.37. The molecule has 1 aliphatic rings. The molecule has 0 saturated carbocycles. The van der Waals surface area contributed by atoms with Crippen molar-refractivity contribution in [2.24, 2.45) is 5.92 Å². The van der Waals surface area contributed by atoms with Crippen LogP contribution in [-0.2, 0) is 20.2 Å². The molecule has 0 spiro atoms. The van der Waals surface area contributed by atoms with Gasteiger partial charge in [-0.15, -0.1) is 0 Å². The minimum Gasteiger partial charge on any atom is -0.340 e. The SMILES string of the molecule is CC1CN(C(=O)C(C)NC(=O)c2ccc(C(C)(C)C)cc2)S(=O)(=O)C1. The first-order valence-corrected chi connectivity index (χ1v) is 9.98. The molecule has 1 fully saturated rings. The van der Waals surface area contributed by atoms with Gasteiger partial charge in [-0.05, 0) is 36.0 Å². The van der Waals surface area contributed by atoms with Gasteiger partial charge >= 0.3 is 0 Å². The topological polar surface area (TPSA) is 83.6 Å². The number of nitrogens with one attached hydrogen (secondary N) is 1. The fourth-order valence-corrected chi connectivity index (χ4v) is 4.72. The Balaban J connectivity index is 2.06. The summed E-state index contributed by atoms with van der Waals surface area (Å²) in [6.07, 6.45) is 0. The van der Waals surface area contributed by atoms with E-state index in [-0.39, 0.29) is 23.6 Å². The zero-order valence-corrected chi connectivity index (χ0v) is 16.2. The first kappa shape index (κ1) is 19.4. The van der Waals surface area contributed by atoms with Crippen LogP contribution in [0.2, 0.25) is 0 Å². The summed E-state index contributed by atoms with van der Waals surface area (Å²) in [6, 6.07) is 6.28. The largest absolute Gasteiger partial charge is 0.340 e. The first-order chi connectivity index (χ1) is 11.4. The Morgan fingerprint density at radius 2 is 1.76 bits per heavy atom. The monoisotopic (exact) mass is 366 g/mol. The van der Waals surface area contributed by atoms with Crippen molar-refractivity contribution in [2.45, 2.75) is 46.1 Å². The molecule has 138 valence electrons. The number of carbonyl (C=O) groups is 2. The maximum atomic E-state index is 12.4. The molecule has 1 heterocycles. The van der Waals surface area contributed by atoms with E-state index >= 15 is 0 Å². The van der Waals surface area contributed by atoms with Crippen LogP contribution < -0.4 is 5.32 Å². The van der Waals surface area contributed by atoms with Gasteiger partial charge in [-0.25, -0.2) is 12.7 Å². The number of hydrogen-bond donors (Lipinski definition) is 1. The van der Waals surface area contributed by atoms with Crippen molar-refractivity contribution in [3.05, 3.63) is 35.4 Å². The molecule has 7 heteroatoms. The van der Waals surface area contributed by atoms with Crippen molar-refractivity contribution in [1.82, 2.24) is 9.62 Å². The number of benzene rings is 1. The number of rotatable bonds is 3. The second-order valence-corrected chi connectivity index (χ2v) is 9.71. The summed E-state index contributed by atoms with van der Waals surface area (Å²) in [5.41, 5.74) is 1.52. The third kappa shape index (κ3) is 4.39. The van der Waals surface area contributed by atoms with Crippen molar-refractivity contribution < 1.29 is 18.0 Å². The van der Waals surface area contributed by atoms with Gasteiger partial charge in [0.15, 0.2) is 0 Å². The molecule has 0 radical (unpaired) electrons. The Morgan fingerprint density at radius 1 is 1.20 bits per heavy atom. The average Bonchev–Trinajstić information content (AvgIpc) is 2.78. The Kier molecular flexibility index (Phi) is 5.27. The van der Waals surface area contributed by atoms with E-state index in [2.05, 4.69) is 26.1 Å². The molecule has 2 amide bonds.